The Bertz CT molecular complexity index is 1120. The molecular formula is C22H24ClN3O3S. The van der Waals surface area contributed by atoms with Gasteiger partial charge in [-0.05, 0) is 43.7 Å². The summed E-state index contributed by atoms with van der Waals surface area (Å²) >= 11 is 7.41. The number of para-hydroxylation sites is 1. The molecule has 0 spiro atoms. The second-order valence-electron chi connectivity index (χ2n) is 6.82. The van der Waals surface area contributed by atoms with Gasteiger partial charge in [-0.1, -0.05) is 48.8 Å². The van der Waals surface area contributed by atoms with Gasteiger partial charge >= 0.3 is 0 Å². The summed E-state index contributed by atoms with van der Waals surface area (Å²) in [7, 11) is 1.53. The highest BCUT2D eigenvalue weighted by molar-refractivity contribution is 8.00. The monoisotopic (exact) mass is 445 g/mol. The average Bonchev–Trinajstić information content (AvgIpc) is 2.73. The minimum absolute atomic E-state index is 0.0777. The molecule has 0 saturated heterocycles. The van der Waals surface area contributed by atoms with Crippen LogP contribution < -0.4 is 15.6 Å². The van der Waals surface area contributed by atoms with Gasteiger partial charge in [-0.3, -0.25) is 14.2 Å². The maximum atomic E-state index is 13.0. The molecule has 3 aromatic rings. The molecule has 0 radical (unpaired) electrons. The van der Waals surface area contributed by atoms with E-state index in [1.807, 2.05) is 18.2 Å². The molecule has 6 nitrogen and oxygen atoms in total. The predicted molar refractivity (Wildman–Crippen MR) is 123 cm³/mol. The molecule has 0 aliphatic heterocycles. The molecule has 0 aliphatic carbocycles. The van der Waals surface area contributed by atoms with Crippen LogP contribution in [0.5, 0.6) is 5.75 Å². The fourth-order valence-corrected chi connectivity index (χ4v) is 4.14. The van der Waals surface area contributed by atoms with Crippen molar-refractivity contribution in [2.24, 2.45) is 0 Å². The summed E-state index contributed by atoms with van der Waals surface area (Å²) in [6.45, 7) is 4.43. The molecule has 1 aromatic heterocycles. The number of thioether (sulfide) groups is 1. The normalized spacial score (nSPS) is 12.0. The van der Waals surface area contributed by atoms with Crippen LogP contribution in [0, 0.1) is 0 Å². The van der Waals surface area contributed by atoms with Crippen molar-refractivity contribution in [3.8, 4) is 5.75 Å². The number of rotatable bonds is 8. The Morgan fingerprint density at radius 2 is 2.07 bits per heavy atom. The second-order valence-corrected chi connectivity index (χ2v) is 8.54. The number of nitrogens with one attached hydrogen (secondary N) is 1. The van der Waals surface area contributed by atoms with Gasteiger partial charge in [0.2, 0.25) is 5.91 Å². The number of aromatic nitrogens is 2. The van der Waals surface area contributed by atoms with Crippen molar-refractivity contribution in [3.05, 3.63) is 57.8 Å². The van der Waals surface area contributed by atoms with Gasteiger partial charge in [-0.25, -0.2) is 4.98 Å². The number of carbonyl (C=O) groups is 1. The van der Waals surface area contributed by atoms with Crippen LogP contribution >= 0.6 is 23.4 Å². The van der Waals surface area contributed by atoms with Crippen molar-refractivity contribution in [1.82, 2.24) is 9.55 Å². The van der Waals surface area contributed by atoms with Crippen LogP contribution in [-0.4, -0.2) is 27.8 Å². The lowest BCUT2D eigenvalue weighted by Crippen LogP contribution is -2.27. The van der Waals surface area contributed by atoms with E-state index in [1.165, 1.54) is 18.9 Å². The molecule has 0 aliphatic rings. The fourth-order valence-electron chi connectivity index (χ4n) is 2.95. The first kappa shape index (κ1) is 22.2. The van der Waals surface area contributed by atoms with Crippen LogP contribution in [0.4, 0.5) is 5.69 Å². The number of hydrogen-bond donors (Lipinski definition) is 1. The molecule has 1 amide bonds. The number of nitrogens with zero attached hydrogens (tertiary/aromatic N) is 2. The summed E-state index contributed by atoms with van der Waals surface area (Å²) in [6.07, 6.45) is 1.82. The summed E-state index contributed by atoms with van der Waals surface area (Å²) in [4.78, 5) is 30.4. The number of carbonyl (C=O) groups excluding carboxylic acids is 1. The van der Waals surface area contributed by atoms with E-state index in [2.05, 4.69) is 17.2 Å². The SMILES string of the molecule is CCCCn1c(SC(C)C(=O)Nc2ccc(OC)c(Cl)c2)nc2ccccc2c1=O. The van der Waals surface area contributed by atoms with E-state index in [4.69, 9.17) is 16.3 Å². The molecule has 30 heavy (non-hydrogen) atoms. The Hall–Kier alpha value is -2.51. The van der Waals surface area contributed by atoms with E-state index < -0.39 is 5.25 Å². The molecular weight excluding hydrogens is 422 g/mol. The molecule has 1 atom stereocenters. The number of amides is 1. The van der Waals surface area contributed by atoms with E-state index in [9.17, 15) is 9.59 Å². The Morgan fingerprint density at radius 3 is 2.77 bits per heavy atom. The number of ether oxygens (including phenoxy) is 1. The summed E-state index contributed by atoms with van der Waals surface area (Å²) in [5.41, 5.74) is 1.13. The lowest BCUT2D eigenvalue weighted by Gasteiger charge is -2.16. The molecule has 158 valence electrons. The third-order valence-corrected chi connectivity index (χ3v) is 6.02. The second kappa shape index (κ2) is 10.00. The van der Waals surface area contributed by atoms with Crippen LogP contribution in [0.2, 0.25) is 5.02 Å². The third-order valence-electron chi connectivity index (χ3n) is 4.63. The summed E-state index contributed by atoms with van der Waals surface area (Å²) < 4.78 is 6.80. The number of unbranched alkanes of at least 4 members (excludes halogenated alkanes) is 1. The van der Waals surface area contributed by atoms with Gasteiger partial charge in [-0.15, -0.1) is 0 Å². The van der Waals surface area contributed by atoms with Crippen molar-refractivity contribution in [2.75, 3.05) is 12.4 Å². The van der Waals surface area contributed by atoms with E-state index in [-0.39, 0.29) is 11.5 Å². The quantitative estimate of drug-likeness (QED) is 0.391. The van der Waals surface area contributed by atoms with Crippen molar-refractivity contribution >= 4 is 45.9 Å². The maximum absolute atomic E-state index is 13.0. The standard InChI is InChI=1S/C22H24ClN3O3S/c1-4-5-12-26-21(28)16-8-6-7-9-18(16)25-22(26)30-14(2)20(27)24-15-10-11-19(29-3)17(23)13-15/h6-11,13-14H,4-5,12H2,1-3H3,(H,24,27). The molecule has 2 aromatic carbocycles. The minimum Gasteiger partial charge on any atom is -0.495 e. The molecule has 8 heteroatoms. The van der Waals surface area contributed by atoms with Gasteiger partial charge in [0.25, 0.3) is 5.56 Å². The first-order chi connectivity index (χ1) is 14.4. The zero-order valence-electron chi connectivity index (χ0n) is 17.1. The molecule has 0 fully saturated rings. The van der Waals surface area contributed by atoms with Crippen LogP contribution in [0.25, 0.3) is 10.9 Å². The highest BCUT2D eigenvalue weighted by Crippen LogP contribution is 2.28. The maximum Gasteiger partial charge on any atom is 0.262 e. The van der Waals surface area contributed by atoms with Gasteiger partial charge in [-0.2, -0.15) is 0 Å². The van der Waals surface area contributed by atoms with Crippen molar-refractivity contribution in [2.45, 2.75) is 43.6 Å². The molecule has 1 unspecified atom stereocenters. The van der Waals surface area contributed by atoms with Crippen LogP contribution in [-0.2, 0) is 11.3 Å². The highest BCUT2D eigenvalue weighted by Gasteiger charge is 2.20. The van der Waals surface area contributed by atoms with Crippen molar-refractivity contribution in [1.29, 1.82) is 0 Å². The van der Waals surface area contributed by atoms with Crippen molar-refractivity contribution < 1.29 is 9.53 Å². The van der Waals surface area contributed by atoms with Crippen LogP contribution in [0.15, 0.2) is 52.4 Å². The zero-order valence-corrected chi connectivity index (χ0v) is 18.7. The lowest BCUT2D eigenvalue weighted by atomic mass is 10.2. The van der Waals surface area contributed by atoms with E-state index in [0.717, 1.165) is 12.8 Å². The third kappa shape index (κ3) is 4.96. The smallest absolute Gasteiger partial charge is 0.262 e. The molecule has 3 rings (SSSR count). The number of fused-ring (bicyclic) bond motifs is 1. The molecule has 1 heterocycles. The van der Waals surface area contributed by atoms with E-state index in [0.29, 0.717) is 39.1 Å². The number of hydrogen-bond acceptors (Lipinski definition) is 5. The topological polar surface area (TPSA) is 73.2 Å². The van der Waals surface area contributed by atoms with Gasteiger partial charge in [0, 0.05) is 12.2 Å². The Kier molecular flexibility index (Phi) is 7.39. The molecule has 0 bridgehead atoms. The Morgan fingerprint density at radius 1 is 1.30 bits per heavy atom. The first-order valence-electron chi connectivity index (χ1n) is 9.75. The summed E-state index contributed by atoms with van der Waals surface area (Å²) in [5.74, 6) is 0.336. The average molecular weight is 446 g/mol. The fraction of sp³-hybridized carbons (Fsp3) is 0.318. The summed E-state index contributed by atoms with van der Waals surface area (Å²) in [5, 5.41) is 3.93. The first-order valence-corrected chi connectivity index (χ1v) is 11.0. The van der Waals surface area contributed by atoms with E-state index in [1.54, 1.807) is 35.8 Å². The minimum atomic E-state index is -0.466. The van der Waals surface area contributed by atoms with Gasteiger partial charge in [0.1, 0.15) is 5.75 Å². The Balaban J connectivity index is 1.84. The lowest BCUT2D eigenvalue weighted by molar-refractivity contribution is -0.115. The van der Waals surface area contributed by atoms with Gasteiger partial charge in [0.05, 0.1) is 28.3 Å². The predicted octanol–water partition coefficient (Wildman–Crippen LogP) is 4.98. The Labute approximate surface area is 184 Å². The van der Waals surface area contributed by atoms with Gasteiger partial charge in [0.15, 0.2) is 5.16 Å². The van der Waals surface area contributed by atoms with Crippen molar-refractivity contribution in [3.63, 3.8) is 0 Å². The highest BCUT2D eigenvalue weighted by atomic mass is 35.5. The number of halogens is 1. The van der Waals surface area contributed by atoms with E-state index >= 15 is 0 Å². The zero-order chi connectivity index (χ0) is 21.7. The largest absolute Gasteiger partial charge is 0.495 e. The van der Waals surface area contributed by atoms with Crippen LogP contribution in [0.3, 0.4) is 0 Å². The molecule has 0 saturated carbocycles. The number of benzene rings is 2. The number of methoxy groups -OCH3 is 1. The number of anilines is 1. The molecule has 1 N–H and O–H groups in total. The van der Waals surface area contributed by atoms with Crippen LogP contribution in [0.1, 0.15) is 26.7 Å². The van der Waals surface area contributed by atoms with Gasteiger partial charge < -0.3 is 10.1 Å². The summed E-state index contributed by atoms with van der Waals surface area (Å²) in [6, 6.07) is 12.3.